The number of hydrogen-bond acceptors (Lipinski definition) is 3. The molecule has 0 aromatic carbocycles. The van der Waals surface area contributed by atoms with Crippen molar-refractivity contribution in [3.8, 4) is 0 Å². The van der Waals surface area contributed by atoms with E-state index in [1.165, 1.54) is 0 Å². The Morgan fingerprint density at radius 1 is 1.31 bits per heavy atom. The van der Waals surface area contributed by atoms with E-state index < -0.39 is 0 Å². The number of carbonyl (C=O) groups excluding carboxylic acids is 2. The Balaban J connectivity index is 2.06. The highest BCUT2D eigenvalue weighted by atomic mass is 79.9. The number of carbonyl (C=O) groups is 2. The summed E-state index contributed by atoms with van der Waals surface area (Å²) in [7, 11) is 0. The molecular formula is C11H12BrNO3. The zero-order valence-corrected chi connectivity index (χ0v) is 10.3. The van der Waals surface area contributed by atoms with Crippen molar-refractivity contribution in [2.45, 2.75) is 19.3 Å². The minimum Gasteiger partial charge on any atom is -0.444 e. The molecule has 5 heteroatoms. The SMILES string of the molecule is O=C1CCCN(C(=O)c2ccc(Br)o2)CC1. The monoisotopic (exact) mass is 285 g/mol. The third-order valence-electron chi connectivity index (χ3n) is 2.62. The van der Waals surface area contributed by atoms with E-state index in [4.69, 9.17) is 4.42 Å². The molecule has 1 aliphatic rings. The van der Waals surface area contributed by atoms with Crippen molar-refractivity contribution in [1.82, 2.24) is 4.90 Å². The molecule has 2 rings (SSSR count). The molecule has 1 aliphatic heterocycles. The van der Waals surface area contributed by atoms with Gasteiger partial charge in [-0.2, -0.15) is 0 Å². The molecule has 16 heavy (non-hydrogen) atoms. The molecule has 1 saturated heterocycles. The molecule has 1 aromatic rings. The van der Waals surface area contributed by atoms with Crippen LogP contribution in [0.2, 0.25) is 0 Å². The van der Waals surface area contributed by atoms with Gasteiger partial charge in [0.1, 0.15) is 5.78 Å². The Labute approximate surface area is 102 Å². The van der Waals surface area contributed by atoms with Gasteiger partial charge < -0.3 is 9.32 Å². The predicted molar refractivity (Wildman–Crippen MR) is 61.2 cm³/mol. The molecule has 0 spiro atoms. The molecule has 0 bridgehead atoms. The van der Waals surface area contributed by atoms with Gasteiger partial charge in [-0.05, 0) is 34.5 Å². The van der Waals surface area contributed by atoms with Crippen LogP contribution in [0.1, 0.15) is 29.8 Å². The van der Waals surface area contributed by atoms with Crippen molar-refractivity contribution in [3.05, 3.63) is 22.6 Å². The Kier molecular flexibility index (Phi) is 3.43. The lowest BCUT2D eigenvalue weighted by Crippen LogP contribution is -2.31. The zero-order chi connectivity index (χ0) is 11.5. The van der Waals surface area contributed by atoms with Gasteiger partial charge in [0.15, 0.2) is 10.4 Å². The van der Waals surface area contributed by atoms with E-state index in [9.17, 15) is 9.59 Å². The van der Waals surface area contributed by atoms with Crippen molar-refractivity contribution in [2.75, 3.05) is 13.1 Å². The van der Waals surface area contributed by atoms with Crippen molar-refractivity contribution in [2.24, 2.45) is 0 Å². The van der Waals surface area contributed by atoms with Crippen LogP contribution in [0.3, 0.4) is 0 Å². The van der Waals surface area contributed by atoms with E-state index in [1.807, 2.05) is 0 Å². The van der Waals surface area contributed by atoms with Crippen LogP contribution in [0.5, 0.6) is 0 Å². The highest BCUT2D eigenvalue weighted by molar-refractivity contribution is 9.10. The first-order chi connectivity index (χ1) is 7.66. The summed E-state index contributed by atoms with van der Waals surface area (Å²) in [5, 5.41) is 0. The molecule has 0 aliphatic carbocycles. The first kappa shape index (κ1) is 11.4. The zero-order valence-electron chi connectivity index (χ0n) is 8.74. The third-order valence-corrected chi connectivity index (χ3v) is 3.04. The third kappa shape index (κ3) is 2.52. The second-order valence-corrected chi connectivity index (χ2v) is 4.57. The van der Waals surface area contributed by atoms with Gasteiger partial charge in [-0.25, -0.2) is 0 Å². The number of amides is 1. The van der Waals surface area contributed by atoms with Crippen LogP contribution in [0.25, 0.3) is 0 Å². The number of hydrogen-bond donors (Lipinski definition) is 0. The van der Waals surface area contributed by atoms with Crippen LogP contribution in [0.15, 0.2) is 21.2 Å². The number of ketones is 1. The van der Waals surface area contributed by atoms with Gasteiger partial charge in [-0.15, -0.1) is 0 Å². The van der Waals surface area contributed by atoms with Crippen LogP contribution in [-0.4, -0.2) is 29.7 Å². The summed E-state index contributed by atoms with van der Waals surface area (Å²) in [5.41, 5.74) is 0. The predicted octanol–water partition coefficient (Wildman–Crippen LogP) is 2.24. The summed E-state index contributed by atoms with van der Waals surface area (Å²) >= 11 is 3.16. The molecule has 4 nitrogen and oxygen atoms in total. The van der Waals surface area contributed by atoms with E-state index in [2.05, 4.69) is 15.9 Å². The van der Waals surface area contributed by atoms with Gasteiger partial charge >= 0.3 is 0 Å². The first-order valence-electron chi connectivity index (χ1n) is 5.23. The summed E-state index contributed by atoms with van der Waals surface area (Å²) in [6.07, 6.45) is 1.77. The molecule has 0 saturated carbocycles. The molecule has 1 amide bonds. The molecule has 86 valence electrons. The fourth-order valence-electron chi connectivity index (χ4n) is 1.75. The largest absolute Gasteiger partial charge is 0.444 e. The lowest BCUT2D eigenvalue weighted by Gasteiger charge is -2.18. The van der Waals surface area contributed by atoms with E-state index in [1.54, 1.807) is 17.0 Å². The van der Waals surface area contributed by atoms with E-state index in [0.717, 1.165) is 6.42 Å². The van der Waals surface area contributed by atoms with Gasteiger partial charge in [0.05, 0.1) is 0 Å². The molecule has 1 fully saturated rings. The van der Waals surface area contributed by atoms with Crippen LogP contribution >= 0.6 is 15.9 Å². The molecule has 1 aromatic heterocycles. The van der Waals surface area contributed by atoms with Gasteiger partial charge in [-0.1, -0.05) is 0 Å². The topological polar surface area (TPSA) is 50.5 Å². The number of Topliss-reactive ketones (excluding diaryl/α,β-unsaturated/α-hetero) is 1. The minimum atomic E-state index is -0.139. The highest BCUT2D eigenvalue weighted by Gasteiger charge is 2.22. The van der Waals surface area contributed by atoms with Crippen molar-refractivity contribution in [1.29, 1.82) is 0 Å². The first-order valence-corrected chi connectivity index (χ1v) is 6.02. The summed E-state index contributed by atoms with van der Waals surface area (Å²) < 4.78 is 5.75. The van der Waals surface area contributed by atoms with Crippen LogP contribution < -0.4 is 0 Å². The highest BCUT2D eigenvalue weighted by Crippen LogP contribution is 2.17. The second kappa shape index (κ2) is 4.82. The maximum Gasteiger partial charge on any atom is 0.289 e. The molecular weight excluding hydrogens is 274 g/mol. The molecule has 0 N–H and O–H groups in total. The quantitative estimate of drug-likeness (QED) is 0.795. The van der Waals surface area contributed by atoms with E-state index in [-0.39, 0.29) is 11.7 Å². The summed E-state index contributed by atoms with van der Waals surface area (Å²) in [6.45, 7) is 1.12. The minimum absolute atomic E-state index is 0.139. The molecule has 2 heterocycles. The Morgan fingerprint density at radius 3 is 2.81 bits per heavy atom. The standard InChI is InChI=1S/C11H12BrNO3/c12-10-4-3-9(16-10)11(15)13-6-1-2-8(14)5-7-13/h3-4H,1-2,5-7H2. The van der Waals surface area contributed by atoms with Gasteiger partial charge in [0, 0.05) is 25.9 Å². The fourth-order valence-corrected chi connectivity index (χ4v) is 2.06. The smallest absolute Gasteiger partial charge is 0.289 e. The Hall–Kier alpha value is -1.10. The van der Waals surface area contributed by atoms with Gasteiger partial charge in [-0.3, -0.25) is 9.59 Å². The number of likely N-dealkylation sites (tertiary alicyclic amines) is 1. The maximum atomic E-state index is 12.0. The molecule has 0 unspecified atom stereocenters. The Bertz CT molecular complexity index is 413. The normalized spacial score (nSPS) is 17.3. The maximum absolute atomic E-state index is 12.0. The summed E-state index contributed by atoms with van der Waals surface area (Å²) in [6, 6.07) is 3.33. The lowest BCUT2D eigenvalue weighted by molar-refractivity contribution is -0.118. The van der Waals surface area contributed by atoms with Crippen LogP contribution in [-0.2, 0) is 4.79 Å². The fraction of sp³-hybridized carbons (Fsp3) is 0.455. The average molecular weight is 286 g/mol. The summed E-state index contributed by atoms with van der Waals surface area (Å²) in [4.78, 5) is 24.9. The van der Waals surface area contributed by atoms with Gasteiger partial charge in [0.25, 0.3) is 5.91 Å². The molecule has 0 radical (unpaired) electrons. The van der Waals surface area contributed by atoms with Gasteiger partial charge in [0.2, 0.25) is 0 Å². The second-order valence-electron chi connectivity index (χ2n) is 3.79. The molecule has 0 atom stereocenters. The number of halogens is 1. The van der Waals surface area contributed by atoms with Crippen LogP contribution in [0.4, 0.5) is 0 Å². The number of furan rings is 1. The van der Waals surface area contributed by atoms with Crippen LogP contribution in [0, 0.1) is 0 Å². The van der Waals surface area contributed by atoms with Crippen molar-refractivity contribution in [3.63, 3.8) is 0 Å². The van der Waals surface area contributed by atoms with E-state index in [0.29, 0.717) is 36.4 Å². The number of nitrogens with zero attached hydrogens (tertiary/aromatic N) is 1. The number of rotatable bonds is 1. The lowest BCUT2D eigenvalue weighted by atomic mass is 10.2. The average Bonchev–Trinajstić information content (AvgIpc) is 2.57. The summed E-state index contributed by atoms with van der Waals surface area (Å²) in [5.74, 6) is 0.414. The van der Waals surface area contributed by atoms with E-state index >= 15 is 0 Å². The van der Waals surface area contributed by atoms with Crippen molar-refractivity contribution >= 4 is 27.6 Å². The van der Waals surface area contributed by atoms with Crippen molar-refractivity contribution < 1.29 is 14.0 Å². The Morgan fingerprint density at radius 2 is 2.12 bits per heavy atom.